The van der Waals surface area contributed by atoms with E-state index < -0.39 is 0 Å². The number of nitrogen functional groups attached to an aromatic ring is 1. The number of aromatic nitrogens is 5. The van der Waals surface area contributed by atoms with Gasteiger partial charge in [0.05, 0.1) is 0 Å². The van der Waals surface area contributed by atoms with E-state index in [2.05, 4.69) is 39.0 Å². The molecule has 3 rings (SSSR count). The Labute approximate surface area is 147 Å². The number of amides is 1. The van der Waals surface area contributed by atoms with Gasteiger partial charge < -0.3 is 10.6 Å². The molecule has 1 fully saturated rings. The van der Waals surface area contributed by atoms with Crippen LogP contribution >= 0.6 is 0 Å². The van der Waals surface area contributed by atoms with Gasteiger partial charge in [-0.15, -0.1) is 0 Å². The number of hydrogen-bond donors (Lipinski definition) is 2. The van der Waals surface area contributed by atoms with Gasteiger partial charge in [-0.05, 0) is 38.2 Å². The van der Waals surface area contributed by atoms with Gasteiger partial charge in [0.1, 0.15) is 11.5 Å². The van der Waals surface area contributed by atoms with Crippen LogP contribution in [0.3, 0.4) is 0 Å². The summed E-state index contributed by atoms with van der Waals surface area (Å²) in [6.45, 7) is 7.39. The highest BCUT2D eigenvalue weighted by Crippen LogP contribution is 2.25. The van der Waals surface area contributed by atoms with Gasteiger partial charge in [0.25, 0.3) is 5.91 Å². The van der Waals surface area contributed by atoms with Crippen LogP contribution < -0.4 is 5.73 Å². The Kier molecular flexibility index (Phi) is 4.96. The molecule has 134 valence electrons. The van der Waals surface area contributed by atoms with E-state index in [0.717, 1.165) is 36.6 Å². The van der Waals surface area contributed by atoms with E-state index in [0.29, 0.717) is 24.7 Å². The number of nitrogens with one attached hydrogen (secondary N) is 1. The van der Waals surface area contributed by atoms with Crippen molar-refractivity contribution in [3.8, 4) is 0 Å². The molecule has 0 aliphatic carbocycles. The fourth-order valence-corrected chi connectivity index (χ4v) is 3.23. The summed E-state index contributed by atoms with van der Waals surface area (Å²) < 4.78 is 0. The second-order valence-corrected chi connectivity index (χ2v) is 7.07. The lowest BCUT2D eigenvalue weighted by atomic mass is 9.97. The third kappa shape index (κ3) is 4.12. The van der Waals surface area contributed by atoms with E-state index >= 15 is 0 Å². The van der Waals surface area contributed by atoms with Crippen molar-refractivity contribution in [3.63, 3.8) is 0 Å². The van der Waals surface area contributed by atoms with E-state index in [1.165, 1.54) is 0 Å². The monoisotopic (exact) mass is 343 g/mol. The average molecular weight is 343 g/mol. The van der Waals surface area contributed by atoms with Gasteiger partial charge in [0.15, 0.2) is 5.82 Å². The number of hydrogen-bond acceptors (Lipinski definition) is 6. The molecule has 8 nitrogen and oxygen atoms in total. The van der Waals surface area contributed by atoms with Gasteiger partial charge in [-0.1, -0.05) is 13.8 Å². The van der Waals surface area contributed by atoms with Crippen LogP contribution in [0.4, 0.5) is 5.95 Å². The molecule has 0 radical (unpaired) electrons. The van der Waals surface area contributed by atoms with Crippen LogP contribution in [0.15, 0.2) is 6.07 Å². The van der Waals surface area contributed by atoms with Crippen LogP contribution in [0.5, 0.6) is 0 Å². The molecule has 0 saturated carbocycles. The Bertz CT molecular complexity index is 755. The smallest absolute Gasteiger partial charge is 0.272 e. The van der Waals surface area contributed by atoms with Crippen molar-refractivity contribution in [1.29, 1.82) is 0 Å². The molecule has 0 bridgehead atoms. The van der Waals surface area contributed by atoms with Crippen molar-refractivity contribution in [3.05, 3.63) is 29.1 Å². The highest BCUT2D eigenvalue weighted by molar-refractivity contribution is 5.92. The molecule has 1 atom stereocenters. The molecule has 2 aromatic rings. The first-order valence-electron chi connectivity index (χ1n) is 8.74. The SMILES string of the molecule is Cc1nc([C@@H]2CCCN(C(=O)c3cc(CC(C)C)nc(N)n3)C2)n[nH]1. The molecule has 0 unspecified atom stereocenters. The topological polar surface area (TPSA) is 114 Å². The molecule has 1 saturated heterocycles. The van der Waals surface area contributed by atoms with E-state index in [1.807, 2.05) is 11.8 Å². The summed E-state index contributed by atoms with van der Waals surface area (Å²) in [4.78, 5) is 27.5. The lowest BCUT2D eigenvalue weighted by Gasteiger charge is -2.31. The third-order valence-corrected chi connectivity index (χ3v) is 4.32. The lowest BCUT2D eigenvalue weighted by Crippen LogP contribution is -2.40. The Morgan fingerprint density at radius 3 is 2.88 bits per heavy atom. The predicted molar refractivity (Wildman–Crippen MR) is 94.0 cm³/mol. The minimum absolute atomic E-state index is 0.101. The van der Waals surface area contributed by atoms with Gasteiger partial charge in [0, 0.05) is 24.7 Å². The van der Waals surface area contributed by atoms with E-state index in [1.54, 1.807) is 6.07 Å². The maximum absolute atomic E-state index is 12.9. The second-order valence-electron chi connectivity index (χ2n) is 7.07. The molecular formula is C17H25N7O. The molecular weight excluding hydrogens is 318 g/mol. The number of rotatable bonds is 4. The van der Waals surface area contributed by atoms with Crippen molar-refractivity contribution in [2.75, 3.05) is 18.8 Å². The molecule has 1 aliphatic heterocycles. The molecule has 2 aromatic heterocycles. The number of piperidine rings is 1. The summed E-state index contributed by atoms with van der Waals surface area (Å²) in [6.07, 6.45) is 2.67. The zero-order chi connectivity index (χ0) is 18.0. The van der Waals surface area contributed by atoms with Crippen molar-refractivity contribution >= 4 is 11.9 Å². The number of anilines is 1. The summed E-state index contributed by atoms with van der Waals surface area (Å²) in [5.41, 5.74) is 6.99. The Morgan fingerprint density at radius 1 is 1.40 bits per heavy atom. The zero-order valence-corrected chi connectivity index (χ0v) is 15.0. The number of carbonyl (C=O) groups is 1. The number of nitrogens with zero attached hydrogens (tertiary/aromatic N) is 5. The normalized spacial score (nSPS) is 17.9. The van der Waals surface area contributed by atoms with Crippen LogP contribution in [0.1, 0.15) is 60.4 Å². The van der Waals surface area contributed by atoms with Crippen molar-refractivity contribution in [2.45, 2.75) is 46.0 Å². The largest absolute Gasteiger partial charge is 0.368 e. The van der Waals surface area contributed by atoms with Gasteiger partial charge >= 0.3 is 0 Å². The zero-order valence-electron chi connectivity index (χ0n) is 15.0. The fraction of sp³-hybridized carbons (Fsp3) is 0.588. The lowest BCUT2D eigenvalue weighted by molar-refractivity contribution is 0.0698. The first-order chi connectivity index (χ1) is 11.9. The number of likely N-dealkylation sites (tertiary alicyclic amines) is 1. The van der Waals surface area contributed by atoms with E-state index in [9.17, 15) is 4.79 Å². The molecule has 8 heteroatoms. The molecule has 1 amide bonds. The quantitative estimate of drug-likeness (QED) is 0.873. The van der Waals surface area contributed by atoms with Gasteiger partial charge in [-0.2, -0.15) is 5.10 Å². The number of nitrogens with two attached hydrogens (primary N) is 1. The standard InChI is InChI=1S/C17H25N7O/c1-10(2)7-13-8-14(21-17(18)20-13)16(25)24-6-4-5-12(9-24)15-19-11(3)22-23-15/h8,10,12H,4-7,9H2,1-3H3,(H2,18,20,21)(H,19,22,23)/t12-/m1/s1. The molecule has 0 spiro atoms. The minimum atomic E-state index is -0.101. The summed E-state index contributed by atoms with van der Waals surface area (Å²) in [5.74, 6) is 2.20. The Hall–Kier alpha value is -2.51. The summed E-state index contributed by atoms with van der Waals surface area (Å²) >= 11 is 0. The molecule has 3 heterocycles. The first kappa shape index (κ1) is 17.3. The maximum atomic E-state index is 12.9. The summed E-state index contributed by atoms with van der Waals surface area (Å²) in [5, 5.41) is 7.12. The molecule has 1 aliphatic rings. The van der Waals surface area contributed by atoms with Crippen molar-refractivity contribution < 1.29 is 4.79 Å². The maximum Gasteiger partial charge on any atom is 0.272 e. The van der Waals surface area contributed by atoms with Gasteiger partial charge in [-0.25, -0.2) is 15.0 Å². The summed E-state index contributed by atoms with van der Waals surface area (Å²) in [6, 6.07) is 1.76. The Morgan fingerprint density at radius 2 is 2.20 bits per heavy atom. The van der Waals surface area contributed by atoms with Crippen LogP contribution in [0.25, 0.3) is 0 Å². The van der Waals surface area contributed by atoms with Gasteiger partial charge in [0.2, 0.25) is 5.95 Å². The van der Waals surface area contributed by atoms with Crippen LogP contribution in [0.2, 0.25) is 0 Å². The van der Waals surface area contributed by atoms with E-state index in [-0.39, 0.29) is 17.8 Å². The molecule has 25 heavy (non-hydrogen) atoms. The minimum Gasteiger partial charge on any atom is -0.368 e. The fourth-order valence-electron chi connectivity index (χ4n) is 3.23. The number of carbonyl (C=O) groups excluding carboxylic acids is 1. The van der Waals surface area contributed by atoms with Gasteiger partial charge in [-0.3, -0.25) is 9.89 Å². The predicted octanol–water partition coefficient (Wildman–Crippen LogP) is 1.70. The highest BCUT2D eigenvalue weighted by atomic mass is 16.2. The van der Waals surface area contributed by atoms with Crippen molar-refractivity contribution in [1.82, 2.24) is 30.0 Å². The van der Waals surface area contributed by atoms with Crippen LogP contribution in [-0.4, -0.2) is 49.0 Å². The summed E-state index contributed by atoms with van der Waals surface area (Å²) in [7, 11) is 0. The Balaban J connectivity index is 1.77. The highest BCUT2D eigenvalue weighted by Gasteiger charge is 2.28. The van der Waals surface area contributed by atoms with Crippen LogP contribution in [-0.2, 0) is 6.42 Å². The number of aryl methyl sites for hydroxylation is 1. The average Bonchev–Trinajstić information content (AvgIpc) is 2.99. The molecule has 0 aromatic carbocycles. The van der Waals surface area contributed by atoms with Crippen LogP contribution in [0, 0.1) is 12.8 Å². The first-order valence-corrected chi connectivity index (χ1v) is 8.74. The number of aromatic amines is 1. The number of H-pyrrole nitrogens is 1. The molecule has 3 N–H and O–H groups in total. The van der Waals surface area contributed by atoms with Crippen molar-refractivity contribution in [2.24, 2.45) is 5.92 Å². The second kappa shape index (κ2) is 7.16. The third-order valence-electron chi connectivity index (χ3n) is 4.32. The van der Waals surface area contributed by atoms with E-state index in [4.69, 9.17) is 5.73 Å².